The van der Waals surface area contributed by atoms with Crippen LogP contribution in [0, 0.1) is 5.92 Å². The van der Waals surface area contributed by atoms with Crippen LogP contribution in [-0.4, -0.2) is 50.5 Å². The number of carbonyl (C=O) groups is 2. The summed E-state index contributed by atoms with van der Waals surface area (Å²) in [4.78, 5) is 26.1. The molecule has 204 valence electrons. The first kappa shape index (κ1) is 26.1. The molecular weight excluding hydrogens is 504 g/mol. The van der Waals surface area contributed by atoms with Gasteiger partial charge in [-0.15, -0.1) is 0 Å². The molecule has 10 heteroatoms. The van der Waals surface area contributed by atoms with Crippen molar-refractivity contribution in [1.82, 2.24) is 5.01 Å². The van der Waals surface area contributed by atoms with E-state index >= 15 is 0 Å². The van der Waals surface area contributed by atoms with E-state index < -0.39 is 24.5 Å². The zero-order valence-corrected chi connectivity index (χ0v) is 22.0. The number of hydrazone groups is 1. The highest BCUT2D eigenvalue weighted by Crippen LogP contribution is 2.44. The minimum atomic E-state index is -0.574. The summed E-state index contributed by atoms with van der Waals surface area (Å²) in [5, 5.41) is 6.12. The number of benzene rings is 1. The number of fused-ring (bicyclic) bond motifs is 1. The maximum atomic E-state index is 13.4. The number of carbonyl (C=O) groups excluding carboxylic acids is 2. The van der Waals surface area contributed by atoms with Gasteiger partial charge in [0.1, 0.15) is 17.6 Å². The van der Waals surface area contributed by atoms with Crippen LogP contribution in [0.25, 0.3) is 6.08 Å². The normalized spacial score (nSPS) is 19.4. The van der Waals surface area contributed by atoms with Crippen LogP contribution >= 0.6 is 0 Å². The van der Waals surface area contributed by atoms with Gasteiger partial charge in [0.05, 0.1) is 46.0 Å². The van der Waals surface area contributed by atoms with E-state index in [1.165, 1.54) is 26.3 Å². The van der Waals surface area contributed by atoms with Crippen molar-refractivity contribution in [1.29, 1.82) is 0 Å². The van der Waals surface area contributed by atoms with Gasteiger partial charge in [0.25, 0.3) is 5.91 Å². The highest BCUT2D eigenvalue weighted by Gasteiger charge is 2.45. The number of hydrogen-bond acceptors (Lipinski definition) is 9. The Hall–Kier alpha value is -4.47. The fourth-order valence-corrected chi connectivity index (χ4v) is 5.15. The monoisotopic (exact) mass is 534 g/mol. The predicted molar refractivity (Wildman–Crippen MR) is 141 cm³/mol. The van der Waals surface area contributed by atoms with E-state index in [2.05, 4.69) is 0 Å². The van der Waals surface area contributed by atoms with Gasteiger partial charge in [-0.05, 0) is 72.9 Å². The quantitative estimate of drug-likeness (QED) is 0.360. The van der Waals surface area contributed by atoms with Crippen LogP contribution in [0.4, 0.5) is 0 Å². The average molecular weight is 535 g/mol. The summed E-state index contributed by atoms with van der Waals surface area (Å²) in [6.07, 6.45) is 7.71. The number of rotatable bonds is 9. The minimum Gasteiger partial charge on any atom is -0.493 e. The summed E-state index contributed by atoms with van der Waals surface area (Å²) < 4.78 is 32.6. The summed E-state index contributed by atoms with van der Waals surface area (Å²) in [6, 6.07) is 10.3. The smallest absolute Gasteiger partial charge is 0.310 e. The number of hydrogen-bond donors (Lipinski definition) is 0. The first-order chi connectivity index (χ1) is 19.0. The third-order valence-electron chi connectivity index (χ3n) is 6.88. The molecule has 1 saturated carbocycles. The average Bonchev–Trinajstić information content (AvgIpc) is 3.72. The van der Waals surface area contributed by atoms with E-state index in [1.54, 1.807) is 30.7 Å². The maximum Gasteiger partial charge on any atom is 0.310 e. The number of methoxy groups -OCH3 is 3. The first-order valence-corrected chi connectivity index (χ1v) is 12.6. The van der Waals surface area contributed by atoms with Crippen molar-refractivity contribution in [2.45, 2.75) is 31.7 Å². The molecule has 0 saturated heterocycles. The predicted octanol–water partition coefficient (Wildman–Crippen LogP) is 4.81. The summed E-state index contributed by atoms with van der Waals surface area (Å²) in [5.74, 6) is 1.58. The number of furan rings is 2. The van der Waals surface area contributed by atoms with Gasteiger partial charge in [0, 0.05) is 5.92 Å². The summed E-state index contributed by atoms with van der Waals surface area (Å²) in [5.41, 5.74) is 2.44. The van der Waals surface area contributed by atoms with Crippen LogP contribution in [0.3, 0.4) is 0 Å². The van der Waals surface area contributed by atoms with Gasteiger partial charge in [-0.2, -0.15) is 5.10 Å². The van der Waals surface area contributed by atoms with Gasteiger partial charge < -0.3 is 27.8 Å². The lowest BCUT2D eigenvalue weighted by Crippen LogP contribution is -2.34. The van der Waals surface area contributed by atoms with E-state index in [-0.39, 0.29) is 12.3 Å². The topological polar surface area (TPSA) is 113 Å². The zero-order chi connectivity index (χ0) is 27.4. The fourth-order valence-electron chi connectivity index (χ4n) is 5.15. The number of nitrogens with zero attached hydrogens (tertiary/aromatic N) is 2. The molecule has 0 bridgehead atoms. The molecule has 1 fully saturated rings. The molecule has 2 atom stereocenters. The molecule has 0 spiro atoms. The Kier molecular flexibility index (Phi) is 7.72. The highest BCUT2D eigenvalue weighted by molar-refractivity contribution is 6.08. The van der Waals surface area contributed by atoms with Crippen LogP contribution < -0.4 is 14.2 Å². The zero-order valence-electron chi connectivity index (χ0n) is 22.0. The second-order valence-corrected chi connectivity index (χ2v) is 9.24. The summed E-state index contributed by atoms with van der Waals surface area (Å²) in [6.45, 7) is -0.457. The van der Waals surface area contributed by atoms with Crippen LogP contribution in [0.15, 0.2) is 68.4 Å². The third-order valence-corrected chi connectivity index (χ3v) is 6.88. The Morgan fingerprint density at radius 1 is 1.05 bits per heavy atom. The molecule has 1 aromatic carbocycles. The van der Waals surface area contributed by atoms with Gasteiger partial charge in [-0.3, -0.25) is 9.59 Å². The van der Waals surface area contributed by atoms with Crippen LogP contribution in [0.2, 0.25) is 0 Å². The molecule has 3 aromatic rings. The molecule has 0 N–H and O–H groups in total. The molecule has 1 aliphatic carbocycles. The van der Waals surface area contributed by atoms with Gasteiger partial charge in [-0.25, -0.2) is 5.01 Å². The molecule has 2 unspecified atom stereocenters. The van der Waals surface area contributed by atoms with Crippen LogP contribution in [0.1, 0.15) is 42.4 Å². The molecule has 5 rings (SSSR count). The summed E-state index contributed by atoms with van der Waals surface area (Å²) >= 11 is 0. The van der Waals surface area contributed by atoms with Crippen LogP contribution in [0.5, 0.6) is 17.2 Å². The number of ether oxygens (including phenoxy) is 4. The number of allylic oxidation sites excluding steroid dienone is 1. The van der Waals surface area contributed by atoms with Crippen molar-refractivity contribution in [3.8, 4) is 17.2 Å². The molecule has 10 nitrogen and oxygen atoms in total. The molecule has 2 aliphatic rings. The first-order valence-electron chi connectivity index (χ1n) is 12.6. The van der Waals surface area contributed by atoms with E-state index in [0.29, 0.717) is 28.6 Å². The second-order valence-electron chi connectivity index (χ2n) is 9.24. The van der Waals surface area contributed by atoms with Crippen molar-refractivity contribution < 1.29 is 37.4 Å². The molecular formula is C29H30N2O8. The molecule has 1 aliphatic heterocycles. The molecule has 39 heavy (non-hydrogen) atoms. The van der Waals surface area contributed by atoms with Gasteiger partial charge in [0.15, 0.2) is 18.1 Å². The van der Waals surface area contributed by atoms with Gasteiger partial charge in [-0.1, -0.05) is 0 Å². The Balaban J connectivity index is 1.32. The molecule has 2 aromatic heterocycles. The number of esters is 1. The molecule has 3 heterocycles. The second kappa shape index (κ2) is 11.5. The van der Waals surface area contributed by atoms with E-state index in [1.807, 2.05) is 24.3 Å². The van der Waals surface area contributed by atoms with Gasteiger partial charge in [0.2, 0.25) is 5.75 Å². The Labute approximate surface area is 225 Å². The lowest BCUT2D eigenvalue weighted by molar-refractivity contribution is -0.152. The van der Waals surface area contributed by atoms with Crippen molar-refractivity contribution in [2.24, 2.45) is 11.0 Å². The SMILES string of the molecule is COc1cc(CC(=O)OCC(=O)N2N=C3C(=Cc4ccco4)CCCC3C2c2ccco2)cc(OC)c1OC. The van der Waals surface area contributed by atoms with E-state index in [9.17, 15) is 9.59 Å². The van der Waals surface area contributed by atoms with Crippen molar-refractivity contribution in [2.75, 3.05) is 27.9 Å². The summed E-state index contributed by atoms with van der Waals surface area (Å²) in [7, 11) is 4.50. The lowest BCUT2D eigenvalue weighted by atomic mass is 9.79. The van der Waals surface area contributed by atoms with Gasteiger partial charge >= 0.3 is 5.97 Å². The molecule has 1 amide bonds. The maximum absolute atomic E-state index is 13.4. The van der Waals surface area contributed by atoms with Crippen LogP contribution in [-0.2, 0) is 20.7 Å². The molecule has 0 radical (unpaired) electrons. The van der Waals surface area contributed by atoms with E-state index in [4.69, 9.17) is 32.9 Å². The highest BCUT2D eigenvalue weighted by atomic mass is 16.5. The van der Waals surface area contributed by atoms with E-state index in [0.717, 1.165) is 36.3 Å². The third kappa shape index (κ3) is 5.41. The fraction of sp³-hybridized carbons (Fsp3) is 0.345. The Morgan fingerprint density at radius 2 is 1.79 bits per heavy atom. The van der Waals surface area contributed by atoms with Crippen molar-refractivity contribution in [3.05, 3.63) is 71.6 Å². The standard InChI is InChI=1S/C29H30N2O8/c1-34-23-13-18(14-24(35-2)29(23)36-3)15-26(33)39-17-25(32)31-28(22-10-6-12-38-22)21-9-4-7-19(27(21)30-31)16-20-8-5-11-37-20/h5-6,8,10-14,16,21,28H,4,7,9,15,17H2,1-3H3. The Morgan fingerprint density at radius 3 is 2.44 bits per heavy atom. The minimum absolute atomic E-state index is 0.0370. The Bertz CT molecular complexity index is 1350. The number of amides is 1. The lowest BCUT2D eigenvalue weighted by Gasteiger charge is -2.27. The van der Waals surface area contributed by atoms with Crippen molar-refractivity contribution in [3.63, 3.8) is 0 Å². The largest absolute Gasteiger partial charge is 0.493 e. The van der Waals surface area contributed by atoms with Crippen molar-refractivity contribution >= 4 is 23.7 Å².